The molecule has 0 aliphatic carbocycles. The minimum absolute atomic E-state index is 0.427. The van der Waals surface area contributed by atoms with E-state index in [1.54, 1.807) is 0 Å². The molecule has 31 heavy (non-hydrogen) atoms. The molecule has 2 unspecified atom stereocenters. The van der Waals surface area contributed by atoms with Crippen molar-refractivity contribution in [2.75, 3.05) is 25.0 Å². The monoisotopic (exact) mass is 413 g/mol. The van der Waals surface area contributed by atoms with E-state index in [1.807, 2.05) is 49.6 Å². The standard InChI is InChI=1S/C24H27N7/c1-15-6-5-7-22(27-15)24-19(12-26-29-24)20-8-9-21-23(28-20)10-18(11-25-21)31-14-16(2)30(4)13-17(31)3/h5-12,16-17H,13-14H2,1-4H3,(H,26,29). The van der Waals surface area contributed by atoms with Crippen molar-refractivity contribution in [2.45, 2.75) is 32.9 Å². The van der Waals surface area contributed by atoms with E-state index in [4.69, 9.17) is 9.97 Å². The zero-order chi connectivity index (χ0) is 21.5. The van der Waals surface area contributed by atoms with Crippen LogP contribution in [0.1, 0.15) is 19.5 Å². The van der Waals surface area contributed by atoms with Crippen LogP contribution in [0.3, 0.4) is 0 Å². The molecule has 4 aromatic rings. The van der Waals surface area contributed by atoms with Gasteiger partial charge in [0.25, 0.3) is 0 Å². The van der Waals surface area contributed by atoms with Gasteiger partial charge in [-0.2, -0.15) is 5.10 Å². The van der Waals surface area contributed by atoms with Gasteiger partial charge in [-0.15, -0.1) is 0 Å². The van der Waals surface area contributed by atoms with Crippen LogP contribution in [0, 0.1) is 6.92 Å². The van der Waals surface area contributed by atoms with Crippen LogP contribution >= 0.6 is 0 Å². The zero-order valence-electron chi connectivity index (χ0n) is 18.4. The molecule has 1 N–H and O–H groups in total. The predicted molar refractivity (Wildman–Crippen MR) is 124 cm³/mol. The van der Waals surface area contributed by atoms with Crippen LogP contribution in [-0.4, -0.2) is 62.3 Å². The fraction of sp³-hybridized carbons (Fsp3) is 0.333. The maximum atomic E-state index is 4.95. The second kappa shape index (κ2) is 7.74. The van der Waals surface area contributed by atoms with Crippen LogP contribution in [0.25, 0.3) is 33.7 Å². The molecule has 1 fully saturated rings. The molecule has 0 radical (unpaired) electrons. The molecular weight excluding hydrogens is 386 g/mol. The third-order valence-electron chi connectivity index (χ3n) is 6.21. The topological polar surface area (TPSA) is 73.8 Å². The molecule has 2 atom stereocenters. The van der Waals surface area contributed by atoms with E-state index in [-0.39, 0.29) is 0 Å². The van der Waals surface area contributed by atoms with Crippen molar-refractivity contribution in [3.05, 3.63) is 54.5 Å². The van der Waals surface area contributed by atoms with Crippen molar-refractivity contribution >= 4 is 16.7 Å². The predicted octanol–water partition coefficient (Wildman–Crippen LogP) is 3.92. The number of nitrogens with zero attached hydrogens (tertiary/aromatic N) is 6. The summed E-state index contributed by atoms with van der Waals surface area (Å²) in [5, 5.41) is 7.36. The Kier molecular flexibility index (Phi) is 4.90. The highest BCUT2D eigenvalue weighted by Crippen LogP contribution is 2.30. The van der Waals surface area contributed by atoms with Crippen molar-refractivity contribution in [3.8, 4) is 22.6 Å². The molecule has 7 nitrogen and oxygen atoms in total. The molecule has 7 heteroatoms. The summed E-state index contributed by atoms with van der Waals surface area (Å²) in [6, 6.07) is 13.1. The average molecular weight is 414 g/mol. The van der Waals surface area contributed by atoms with Crippen LogP contribution < -0.4 is 4.90 Å². The van der Waals surface area contributed by atoms with E-state index < -0.39 is 0 Å². The Labute approximate surface area is 182 Å². The van der Waals surface area contributed by atoms with Crippen molar-refractivity contribution in [2.24, 2.45) is 0 Å². The van der Waals surface area contributed by atoms with Gasteiger partial charge in [0, 0.05) is 36.4 Å². The van der Waals surface area contributed by atoms with Crippen LogP contribution in [0.15, 0.2) is 48.8 Å². The van der Waals surface area contributed by atoms with Gasteiger partial charge in [-0.05, 0) is 58.2 Å². The number of pyridine rings is 3. The Morgan fingerprint density at radius 2 is 1.81 bits per heavy atom. The lowest BCUT2D eigenvalue weighted by molar-refractivity contribution is 0.206. The molecule has 0 spiro atoms. The van der Waals surface area contributed by atoms with Crippen LogP contribution in [0.5, 0.6) is 0 Å². The summed E-state index contributed by atoms with van der Waals surface area (Å²) in [7, 11) is 2.19. The van der Waals surface area contributed by atoms with Crippen LogP contribution in [-0.2, 0) is 0 Å². The lowest BCUT2D eigenvalue weighted by atomic mass is 10.1. The fourth-order valence-corrected chi connectivity index (χ4v) is 4.32. The number of aromatic nitrogens is 5. The molecule has 5 rings (SSSR count). The van der Waals surface area contributed by atoms with Crippen molar-refractivity contribution in [1.82, 2.24) is 30.0 Å². The number of hydrogen-bond donors (Lipinski definition) is 1. The number of piperazine rings is 1. The maximum Gasteiger partial charge on any atom is 0.0928 e. The first kappa shape index (κ1) is 19.6. The van der Waals surface area contributed by atoms with E-state index in [0.29, 0.717) is 12.1 Å². The molecule has 1 aliphatic heterocycles. The van der Waals surface area contributed by atoms with Crippen molar-refractivity contribution in [1.29, 1.82) is 0 Å². The summed E-state index contributed by atoms with van der Waals surface area (Å²) in [4.78, 5) is 19.1. The van der Waals surface area contributed by atoms with Gasteiger partial charge in [0.1, 0.15) is 0 Å². The van der Waals surface area contributed by atoms with E-state index >= 15 is 0 Å². The van der Waals surface area contributed by atoms with Crippen LogP contribution in [0.4, 0.5) is 5.69 Å². The average Bonchev–Trinajstić information content (AvgIpc) is 3.25. The second-order valence-electron chi connectivity index (χ2n) is 8.54. The smallest absolute Gasteiger partial charge is 0.0928 e. The number of hydrogen-bond acceptors (Lipinski definition) is 6. The number of nitrogens with one attached hydrogen (secondary N) is 1. The summed E-state index contributed by atoms with van der Waals surface area (Å²) in [6.45, 7) is 8.54. The summed E-state index contributed by atoms with van der Waals surface area (Å²) in [5.74, 6) is 0. The van der Waals surface area contributed by atoms with Gasteiger partial charge in [0.15, 0.2) is 0 Å². The number of aryl methyl sites for hydroxylation is 1. The molecule has 1 saturated heterocycles. The summed E-state index contributed by atoms with van der Waals surface area (Å²) in [6.07, 6.45) is 3.78. The van der Waals surface area contributed by atoms with E-state index in [9.17, 15) is 0 Å². The van der Waals surface area contributed by atoms with Gasteiger partial charge >= 0.3 is 0 Å². The zero-order valence-corrected chi connectivity index (χ0v) is 18.4. The minimum atomic E-state index is 0.427. The first-order valence-corrected chi connectivity index (χ1v) is 10.7. The number of likely N-dealkylation sites (N-methyl/N-ethyl adjacent to an activating group) is 1. The van der Waals surface area contributed by atoms with E-state index in [1.165, 1.54) is 0 Å². The Morgan fingerprint density at radius 1 is 0.935 bits per heavy atom. The maximum absolute atomic E-state index is 4.95. The lowest BCUT2D eigenvalue weighted by Gasteiger charge is -2.43. The van der Waals surface area contributed by atoms with Gasteiger partial charge < -0.3 is 4.90 Å². The largest absolute Gasteiger partial charge is 0.365 e. The molecule has 0 aromatic carbocycles. The SMILES string of the molecule is Cc1cccc(-c2[nH]ncc2-c2ccc3ncc(N4CC(C)N(C)CC4C)cc3n2)n1. The lowest BCUT2D eigenvalue weighted by Crippen LogP contribution is -2.55. The first-order chi connectivity index (χ1) is 15.0. The Balaban J connectivity index is 1.53. The van der Waals surface area contributed by atoms with Crippen LogP contribution in [0.2, 0.25) is 0 Å². The molecule has 0 saturated carbocycles. The third kappa shape index (κ3) is 3.65. The number of anilines is 1. The number of aromatic amines is 1. The van der Waals surface area contributed by atoms with Gasteiger partial charge in [-0.25, -0.2) is 4.98 Å². The first-order valence-electron chi connectivity index (χ1n) is 10.7. The summed E-state index contributed by atoms with van der Waals surface area (Å²) >= 11 is 0. The highest BCUT2D eigenvalue weighted by Gasteiger charge is 2.27. The Bertz CT molecular complexity index is 1230. The quantitative estimate of drug-likeness (QED) is 0.549. The molecule has 1 aliphatic rings. The van der Waals surface area contributed by atoms with Gasteiger partial charge in [-0.3, -0.25) is 20.0 Å². The van der Waals surface area contributed by atoms with Crippen molar-refractivity contribution in [3.63, 3.8) is 0 Å². The molecular formula is C24H27N7. The number of rotatable bonds is 3. The molecule has 4 aromatic heterocycles. The molecule has 0 amide bonds. The fourth-order valence-electron chi connectivity index (χ4n) is 4.32. The Hall–Kier alpha value is -3.32. The van der Waals surface area contributed by atoms with Gasteiger partial charge in [0.2, 0.25) is 0 Å². The molecule has 5 heterocycles. The minimum Gasteiger partial charge on any atom is -0.365 e. The molecule has 0 bridgehead atoms. The highest BCUT2D eigenvalue weighted by molar-refractivity contribution is 5.84. The second-order valence-corrected chi connectivity index (χ2v) is 8.54. The van der Waals surface area contributed by atoms with Gasteiger partial charge in [0.05, 0.1) is 46.2 Å². The number of fused-ring (bicyclic) bond motifs is 1. The van der Waals surface area contributed by atoms with E-state index in [2.05, 4.69) is 51.9 Å². The van der Waals surface area contributed by atoms with Gasteiger partial charge in [-0.1, -0.05) is 6.07 Å². The number of H-pyrrole nitrogens is 1. The summed E-state index contributed by atoms with van der Waals surface area (Å²) < 4.78 is 0. The molecule has 158 valence electrons. The van der Waals surface area contributed by atoms with E-state index in [0.717, 1.165) is 58.1 Å². The highest BCUT2D eigenvalue weighted by atomic mass is 15.3. The van der Waals surface area contributed by atoms with Crippen molar-refractivity contribution < 1.29 is 0 Å². The summed E-state index contributed by atoms with van der Waals surface area (Å²) in [5.41, 5.74) is 7.40. The third-order valence-corrected chi connectivity index (χ3v) is 6.21. The normalized spacial score (nSPS) is 19.8. The Morgan fingerprint density at radius 3 is 2.65 bits per heavy atom.